The normalized spacial score (nSPS) is 17.1. The van der Waals surface area contributed by atoms with Gasteiger partial charge in [-0.25, -0.2) is 4.39 Å². The molecule has 2 fully saturated rings. The van der Waals surface area contributed by atoms with Gasteiger partial charge >= 0.3 is 0 Å². The lowest BCUT2D eigenvalue weighted by Crippen LogP contribution is -2.47. The van der Waals surface area contributed by atoms with E-state index in [1.807, 2.05) is 35.2 Å². The fraction of sp³-hybridized carbons (Fsp3) is 0.360. The number of piperazine rings is 1. The molecular weight excluding hydrogens is 427 g/mol. The molecule has 0 spiro atoms. The third kappa shape index (κ3) is 4.11. The number of carbonyl (C=O) groups is 1. The molecule has 166 valence electrons. The van der Waals surface area contributed by atoms with E-state index in [0.29, 0.717) is 10.6 Å². The zero-order valence-corrected chi connectivity index (χ0v) is 18.7. The molecule has 7 heteroatoms. The number of fused-ring (bicyclic) bond motifs is 1. The summed E-state index contributed by atoms with van der Waals surface area (Å²) in [6.45, 7) is 4.67. The summed E-state index contributed by atoms with van der Waals surface area (Å²) in [5, 5.41) is 1.55. The van der Waals surface area contributed by atoms with Gasteiger partial charge in [-0.05, 0) is 61.7 Å². The van der Waals surface area contributed by atoms with Crippen LogP contribution < -0.4 is 9.80 Å². The molecule has 3 aromatic rings. The number of halogens is 2. The van der Waals surface area contributed by atoms with Crippen LogP contribution in [-0.2, 0) is 0 Å². The van der Waals surface area contributed by atoms with Crippen LogP contribution in [0.3, 0.4) is 0 Å². The maximum atomic E-state index is 13.5. The van der Waals surface area contributed by atoms with Gasteiger partial charge in [0.05, 0.1) is 16.8 Å². The van der Waals surface area contributed by atoms with Gasteiger partial charge in [0.2, 0.25) is 0 Å². The highest BCUT2D eigenvalue weighted by Crippen LogP contribution is 2.34. The lowest BCUT2D eigenvalue weighted by atomic mass is 10.0. The summed E-state index contributed by atoms with van der Waals surface area (Å²) in [5.74, 6) is -0.177. The predicted molar refractivity (Wildman–Crippen MR) is 127 cm³/mol. The minimum Gasteiger partial charge on any atom is -0.368 e. The summed E-state index contributed by atoms with van der Waals surface area (Å²) in [6.07, 6.45) is 5.00. The maximum Gasteiger partial charge on any atom is 0.257 e. The Morgan fingerprint density at radius 2 is 1.56 bits per heavy atom. The minimum atomic E-state index is -0.228. The average Bonchev–Trinajstić information content (AvgIpc) is 2.84. The molecule has 0 radical (unpaired) electrons. The summed E-state index contributed by atoms with van der Waals surface area (Å²) >= 11 is 6.35. The predicted octanol–water partition coefficient (Wildman–Crippen LogP) is 4.98. The van der Waals surface area contributed by atoms with E-state index in [-0.39, 0.29) is 11.7 Å². The molecular formula is C25H26ClFN4O. The first kappa shape index (κ1) is 21.0. The van der Waals surface area contributed by atoms with Crippen molar-refractivity contribution in [2.75, 3.05) is 49.1 Å². The first-order valence-electron chi connectivity index (χ1n) is 11.2. The van der Waals surface area contributed by atoms with Crippen LogP contribution in [0.5, 0.6) is 0 Å². The fourth-order valence-corrected chi connectivity index (χ4v) is 4.93. The van der Waals surface area contributed by atoms with Crippen molar-refractivity contribution in [3.05, 3.63) is 65.1 Å². The zero-order valence-electron chi connectivity index (χ0n) is 17.9. The molecule has 0 unspecified atom stereocenters. The summed E-state index contributed by atoms with van der Waals surface area (Å²) in [5.41, 5.74) is 3.42. The number of pyridine rings is 1. The Balaban J connectivity index is 1.48. The Kier molecular flexibility index (Phi) is 5.87. The van der Waals surface area contributed by atoms with Gasteiger partial charge in [-0.1, -0.05) is 11.6 Å². The highest BCUT2D eigenvalue weighted by Gasteiger charge is 2.27. The van der Waals surface area contributed by atoms with E-state index in [0.717, 1.165) is 74.4 Å². The second kappa shape index (κ2) is 8.94. The number of piperidine rings is 1. The summed E-state index contributed by atoms with van der Waals surface area (Å²) in [6, 6.07) is 12.3. The minimum absolute atomic E-state index is 0.0510. The first-order chi connectivity index (χ1) is 15.6. The number of carbonyl (C=O) groups excluding carboxylic acids is 1. The molecule has 1 amide bonds. The number of rotatable bonds is 3. The molecule has 2 aromatic carbocycles. The molecule has 0 bridgehead atoms. The Morgan fingerprint density at radius 3 is 2.28 bits per heavy atom. The number of benzene rings is 2. The van der Waals surface area contributed by atoms with Gasteiger partial charge in [0.15, 0.2) is 0 Å². The van der Waals surface area contributed by atoms with Crippen molar-refractivity contribution in [3.63, 3.8) is 0 Å². The summed E-state index contributed by atoms with van der Waals surface area (Å²) < 4.78 is 13.3. The summed E-state index contributed by atoms with van der Waals surface area (Å²) in [4.78, 5) is 24.6. The van der Waals surface area contributed by atoms with E-state index < -0.39 is 0 Å². The third-order valence-corrected chi connectivity index (χ3v) is 6.70. The number of likely N-dealkylation sites (tertiary alicyclic amines) is 1. The van der Waals surface area contributed by atoms with Crippen molar-refractivity contribution in [2.24, 2.45) is 0 Å². The second-order valence-electron chi connectivity index (χ2n) is 8.49. The van der Waals surface area contributed by atoms with Gasteiger partial charge < -0.3 is 14.7 Å². The fourth-order valence-electron chi connectivity index (χ4n) is 4.76. The third-order valence-electron chi connectivity index (χ3n) is 6.46. The van der Waals surface area contributed by atoms with Gasteiger partial charge in [-0.3, -0.25) is 9.78 Å². The lowest BCUT2D eigenvalue weighted by Gasteiger charge is -2.39. The number of nitrogens with zero attached hydrogens (tertiary/aromatic N) is 4. The van der Waals surface area contributed by atoms with E-state index in [1.54, 1.807) is 6.20 Å². The maximum absolute atomic E-state index is 13.5. The van der Waals surface area contributed by atoms with E-state index in [4.69, 9.17) is 11.6 Å². The molecule has 0 aliphatic carbocycles. The van der Waals surface area contributed by atoms with Crippen molar-refractivity contribution < 1.29 is 9.18 Å². The number of aromatic nitrogens is 1. The van der Waals surface area contributed by atoms with Crippen LogP contribution >= 0.6 is 11.6 Å². The number of hydrogen-bond acceptors (Lipinski definition) is 4. The largest absolute Gasteiger partial charge is 0.368 e. The van der Waals surface area contributed by atoms with Crippen LogP contribution in [0.1, 0.15) is 29.6 Å². The first-order valence-corrected chi connectivity index (χ1v) is 11.6. The zero-order chi connectivity index (χ0) is 22.1. The Bertz CT molecular complexity index is 1120. The Morgan fingerprint density at radius 1 is 0.875 bits per heavy atom. The topological polar surface area (TPSA) is 39.7 Å². The van der Waals surface area contributed by atoms with Gasteiger partial charge in [0.25, 0.3) is 5.91 Å². The Labute approximate surface area is 192 Å². The quantitative estimate of drug-likeness (QED) is 0.562. The lowest BCUT2D eigenvalue weighted by molar-refractivity contribution is 0.0724. The van der Waals surface area contributed by atoms with Crippen LogP contribution in [0.25, 0.3) is 10.9 Å². The molecule has 2 saturated heterocycles. The molecule has 0 atom stereocenters. The number of amides is 1. The molecule has 0 saturated carbocycles. The van der Waals surface area contributed by atoms with Crippen molar-refractivity contribution in [1.29, 1.82) is 0 Å². The smallest absolute Gasteiger partial charge is 0.257 e. The molecule has 5 rings (SSSR count). The highest BCUT2D eigenvalue weighted by molar-refractivity contribution is 6.31. The van der Waals surface area contributed by atoms with Crippen molar-refractivity contribution >= 4 is 39.8 Å². The van der Waals surface area contributed by atoms with E-state index in [1.165, 1.54) is 18.6 Å². The Hall–Kier alpha value is -2.86. The van der Waals surface area contributed by atoms with Crippen LogP contribution in [0.2, 0.25) is 5.02 Å². The van der Waals surface area contributed by atoms with Gasteiger partial charge in [-0.15, -0.1) is 0 Å². The van der Waals surface area contributed by atoms with Gasteiger partial charge in [-0.2, -0.15) is 0 Å². The molecule has 32 heavy (non-hydrogen) atoms. The standard InChI is InChI=1S/C25H26ClFN4O/c26-18-4-9-23-21(16-18)24(22(17-28-23)25(32)31-10-2-1-3-11-31)30-14-12-29(13-15-30)20-7-5-19(27)6-8-20/h4-9,16-17H,1-3,10-15H2. The van der Waals surface area contributed by atoms with Crippen LogP contribution in [0.4, 0.5) is 15.8 Å². The number of hydrogen-bond donors (Lipinski definition) is 0. The molecule has 2 aliphatic heterocycles. The van der Waals surface area contributed by atoms with Crippen LogP contribution in [0.15, 0.2) is 48.7 Å². The SMILES string of the molecule is O=C(c1cnc2ccc(Cl)cc2c1N1CCN(c2ccc(F)cc2)CC1)N1CCCCC1. The monoisotopic (exact) mass is 452 g/mol. The highest BCUT2D eigenvalue weighted by atomic mass is 35.5. The molecule has 5 nitrogen and oxygen atoms in total. The molecule has 0 N–H and O–H groups in total. The molecule has 3 heterocycles. The van der Waals surface area contributed by atoms with Crippen molar-refractivity contribution in [2.45, 2.75) is 19.3 Å². The average molecular weight is 453 g/mol. The molecule has 1 aromatic heterocycles. The summed E-state index contributed by atoms with van der Waals surface area (Å²) in [7, 11) is 0. The van der Waals surface area contributed by atoms with Crippen LogP contribution in [0, 0.1) is 5.82 Å². The van der Waals surface area contributed by atoms with Crippen molar-refractivity contribution in [1.82, 2.24) is 9.88 Å². The van der Waals surface area contributed by atoms with E-state index in [2.05, 4.69) is 14.8 Å². The van der Waals surface area contributed by atoms with E-state index >= 15 is 0 Å². The van der Waals surface area contributed by atoms with E-state index in [9.17, 15) is 9.18 Å². The second-order valence-corrected chi connectivity index (χ2v) is 8.92. The van der Waals surface area contributed by atoms with Gasteiger partial charge in [0.1, 0.15) is 5.82 Å². The van der Waals surface area contributed by atoms with Crippen molar-refractivity contribution in [3.8, 4) is 0 Å². The number of anilines is 2. The van der Waals surface area contributed by atoms with Crippen LogP contribution in [-0.4, -0.2) is 55.1 Å². The molecule has 2 aliphatic rings. The van der Waals surface area contributed by atoms with Gasteiger partial charge in [0, 0.05) is 61.6 Å².